The molecule has 1 aromatic carbocycles. The summed E-state index contributed by atoms with van der Waals surface area (Å²) in [6.45, 7) is 6.63. The first-order chi connectivity index (χ1) is 9.39. The molecule has 2 aromatic rings. The number of rotatable bonds is 3. The van der Waals surface area contributed by atoms with E-state index in [0.717, 1.165) is 11.1 Å². The Labute approximate surface area is 118 Å². The summed E-state index contributed by atoms with van der Waals surface area (Å²) in [4.78, 5) is 12.3. The Kier molecular flexibility index (Phi) is 3.79. The third-order valence-electron chi connectivity index (χ3n) is 3.17. The molecule has 5 nitrogen and oxygen atoms in total. The number of H-pyrrole nitrogens is 1. The Hall–Kier alpha value is -2.30. The van der Waals surface area contributed by atoms with Gasteiger partial charge in [-0.2, -0.15) is 5.10 Å². The lowest BCUT2D eigenvalue weighted by molar-refractivity contribution is 0.0949. The van der Waals surface area contributed by atoms with Crippen molar-refractivity contribution < 1.29 is 4.79 Å². The Bertz CT molecular complexity index is 610. The van der Waals surface area contributed by atoms with Crippen molar-refractivity contribution in [1.82, 2.24) is 15.5 Å². The predicted octanol–water partition coefficient (Wildman–Crippen LogP) is 2.22. The summed E-state index contributed by atoms with van der Waals surface area (Å²) >= 11 is 0. The summed E-state index contributed by atoms with van der Waals surface area (Å²) in [5.74, 6) is 0.380. The summed E-state index contributed by atoms with van der Waals surface area (Å²) in [5, 5.41) is 9.35. The van der Waals surface area contributed by atoms with Crippen molar-refractivity contribution in [2.24, 2.45) is 0 Å². The number of aromatic nitrogens is 2. The maximum absolute atomic E-state index is 12.3. The molecule has 0 unspecified atom stereocenters. The van der Waals surface area contributed by atoms with Crippen molar-refractivity contribution in [1.29, 1.82) is 0 Å². The third-order valence-corrected chi connectivity index (χ3v) is 3.17. The fourth-order valence-electron chi connectivity index (χ4n) is 2.07. The molecule has 0 fully saturated rings. The molecule has 0 saturated heterocycles. The second kappa shape index (κ2) is 5.36. The van der Waals surface area contributed by atoms with Crippen molar-refractivity contribution in [3.63, 3.8) is 0 Å². The van der Waals surface area contributed by atoms with Gasteiger partial charge in [0.05, 0.1) is 6.20 Å². The monoisotopic (exact) mass is 272 g/mol. The number of hydrogen-bond acceptors (Lipinski definition) is 3. The summed E-state index contributed by atoms with van der Waals surface area (Å²) < 4.78 is 0. The van der Waals surface area contributed by atoms with E-state index < -0.39 is 0 Å². The highest BCUT2D eigenvalue weighted by Crippen LogP contribution is 2.25. The molecule has 0 bridgehead atoms. The fraction of sp³-hybridized carbons (Fsp3) is 0.333. The van der Waals surface area contributed by atoms with Gasteiger partial charge in [0.15, 0.2) is 0 Å². The molecular formula is C15H20N4O. The fourth-order valence-corrected chi connectivity index (χ4v) is 2.07. The molecule has 1 heterocycles. The Balaban J connectivity index is 2.16. The topological polar surface area (TPSA) is 83.8 Å². The second-order valence-electron chi connectivity index (χ2n) is 5.79. The average molecular weight is 272 g/mol. The smallest absolute Gasteiger partial charge is 0.251 e. The first kappa shape index (κ1) is 14.1. The summed E-state index contributed by atoms with van der Waals surface area (Å²) in [6, 6.07) is 7.65. The molecule has 0 aliphatic carbocycles. The van der Waals surface area contributed by atoms with Gasteiger partial charge in [-0.1, -0.05) is 39.0 Å². The number of nitrogens with one attached hydrogen (secondary N) is 2. The first-order valence-electron chi connectivity index (χ1n) is 6.55. The van der Waals surface area contributed by atoms with Gasteiger partial charge in [-0.3, -0.25) is 9.89 Å². The predicted molar refractivity (Wildman–Crippen MR) is 79.3 cm³/mol. The minimum Gasteiger partial charge on any atom is -0.384 e. The van der Waals surface area contributed by atoms with Crippen molar-refractivity contribution in [3.8, 4) is 0 Å². The van der Waals surface area contributed by atoms with E-state index in [2.05, 4.69) is 36.3 Å². The van der Waals surface area contributed by atoms with E-state index in [1.807, 2.05) is 24.3 Å². The van der Waals surface area contributed by atoms with Crippen LogP contribution >= 0.6 is 0 Å². The minimum atomic E-state index is -0.101. The Morgan fingerprint density at radius 1 is 1.35 bits per heavy atom. The van der Waals surface area contributed by atoms with Crippen LogP contribution in [0.15, 0.2) is 30.5 Å². The lowest BCUT2D eigenvalue weighted by atomic mass is 9.83. The van der Waals surface area contributed by atoms with Crippen LogP contribution in [0.25, 0.3) is 0 Å². The zero-order chi connectivity index (χ0) is 14.8. The zero-order valence-electron chi connectivity index (χ0n) is 12.0. The molecule has 20 heavy (non-hydrogen) atoms. The van der Waals surface area contributed by atoms with Crippen LogP contribution in [0.5, 0.6) is 0 Å². The highest BCUT2D eigenvalue weighted by atomic mass is 16.1. The minimum absolute atomic E-state index is 0.0808. The molecule has 0 saturated carbocycles. The van der Waals surface area contributed by atoms with Crippen molar-refractivity contribution in [3.05, 3.63) is 47.2 Å². The van der Waals surface area contributed by atoms with Gasteiger partial charge in [0, 0.05) is 17.7 Å². The van der Waals surface area contributed by atoms with Crippen LogP contribution in [-0.4, -0.2) is 16.1 Å². The van der Waals surface area contributed by atoms with Gasteiger partial charge >= 0.3 is 0 Å². The second-order valence-corrected chi connectivity index (χ2v) is 5.79. The van der Waals surface area contributed by atoms with Crippen molar-refractivity contribution in [2.75, 3.05) is 5.73 Å². The molecule has 0 radical (unpaired) electrons. The zero-order valence-corrected chi connectivity index (χ0v) is 12.0. The van der Waals surface area contributed by atoms with Gasteiger partial charge in [0.1, 0.15) is 5.82 Å². The highest BCUT2D eigenvalue weighted by molar-refractivity contribution is 5.96. The molecule has 0 aliphatic rings. The number of hydrogen-bond donors (Lipinski definition) is 3. The van der Waals surface area contributed by atoms with Crippen LogP contribution < -0.4 is 11.1 Å². The standard InChI is InChI=1S/C15H20N4O/c1-15(2,3)12-7-5-4-6-11(12)14(20)17-8-10-9-18-19-13(10)16/h4-7,9H,8H2,1-3H3,(H,17,20)(H3,16,18,19). The van der Waals surface area contributed by atoms with Crippen molar-refractivity contribution >= 4 is 11.7 Å². The Morgan fingerprint density at radius 3 is 2.65 bits per heavy atom. The van der Waals surface area contributed by atoms with Crippen LogP contribution in [0, 0.1) is 0 Å². The van der Waals surface area contributed by atoms with Gasteiger partial charge in [-0.25, -0.2) is 0 Å². The van der Waals surface area contributed by atoms with E-state index in [-0.39, 0.29) is 11.3 Å². The number of nitrogens with two attached hydrogens (primary N) is 1. The van der Waals surface area contributed by atoms with Gasteiger partial charge in [0.25, 0.3) is 5.91 Å². The van der Waals surface area contributed by atoms with Crippen LogP contribution in [0.2, 0.25) is 0 Å². The highest BCUT2D eigenvalue weighted by Gasteiger charge is 2.21. The van der Waals surface area contributed by atoms with Crippen LogP contribution in [0.3, 0.4) is 0 Å². The van der Waals surface area contributed by atoms with E-state index in [9.17, 15) is 4.79 Å². The van der Waals surface area contributed by atoms with Gasteiger partial charge in [-0.05, 0) is 17.0 Å². The summed E-state index contributed by atoms with van der Waals surface area (Å²) in [5.41, 5.74) is 8.12. The number of benzene rings is 1. The number of nitrogen functional groups attached to an aromatic ring is 1. The lowest BCUT2D eigenvalue weighted by Gasteiger charge is -2.22. The van der Waals surface area contributed by atoms with Gasteiger partial charge in [0.2, 0.25) is 0 Å². The van der Waals surface area contributed by atoms with E-state index in [4.69, 9.17) is 5.73 Å². The maximum Gasteiger partial charge on any atom is 0.251 e. The number of anilines is 1. The van der Waals surface area contributed by atoms with Crippen LogP contribution in [0.4, 0.5) is 5.82 Å². The lowest BCUT2D eigenvalue weighted by Crippen LogP contribution is -2.27. The first-order valence-corrected chi connectivity index (χ1v) is 6.55. The average Bonchev–Trinajstić information content (AvgIpc) is 2.80. The molecule has 0 spiro atoms. The summed E-state index contributed by atoms with van der Waals surface area (Å²) in [6.07, 6.45) is 1.62. The Morgan fingerprint density at radius 2 is 2.05 bits per heavy atom. The van der Waals surface area contributed by atoms with Gasteiger partial charge in [-0.15, -0.1) is 0 Å². The quantitative estimate of drug-likeness (QED) is 0.801. The normalized spacial score (nSPS) is 11.3. The maximum atomic E-state index is 12.3. The number of carbonyl (C=O) groups excluding carboxylic acids is 1. The molecule has 1 amide bonds. The van der Waals surface area contributed by atoms with E-state index in [1.165, 1.54) is 0 Å². The number of carbonyl (C=O) groups is 1. The number of aromatic amines is 1. The van der Waals surface area contributed by atoms with E-state index in [0.29, 0.717) is 17.9 Å². The molecule has 5 heteroatoms. The van der Waals surface area contributed by atoms with Crippen LogP contribution in [0.1, 0.15) is 42.3 Å². The SMILES string of the molecule is CC(C)(C)c1ccccc1C(=O)NCc1cn[nH]c1N. The van der Waals surface area contributed by atoms with Gasteiger partial charge < -0.3 is 11.1 Å². The molecule has 1 aromatic heterocycles. The van der Waals surface area contributed by atoms with E-state index >= 15 is 0 Å². The molecule has 0 aliphatic heterocycles. The largest absolute Gasteiger partial charge is 0.384 e. The molecule has 106 valence electrons. The number of amides is 1. The van der Waals surface area contributed by atoms with Crippen molar-refractivity contribution in [2.45, 2.75) is 32.7 Å². The molecule has 0 atom stereocenters. The molecule has 2 rings (SSSR count). The molecule has 4 N–H and O–H groups in total. The molecular weight excluding hydrogens is 252 g/mol. The third kappa shape index (κ3) is 2.99. The van der Waals surface area contributed by atoms with E-state index in [1.54, 1.807) is 6.20 Å². The summed E-state index contributed by atoms with van der Waals surface area (Å²) in [7, 11) is 0. The van der Waals surface area contributed by atoms with Crippen LogP contribution in [-0.2, 0) is 12.0 Å². The number of nitrogens with zero attached hydrogens (tertiary/aromatic N) is 1.